The van der Waals surface area contributed by atoms with E-state index in [0.29, 0.717) is 22.0 Å². The van der Waals surface area contributed by atoms with Crippen molar-refractivity contribution in [2.75, 3.05) is 22.6 Å². The van der Waals surface area contributed by atoms with Gasteiger partial charge in [0.05, 0.1) is 12.8 Å². The molecule has 178 valence electrons. The Morgan fingerprint density at radius 1 is 0.971 bits per heavy atom. The monoisotopic (exact) mass is 509 g/mol. The Morgan fingerprint density at radius 3 is 2.37 bits per heavy atom. The molecule has 7 nitrogen and oxygen atoms in total. The summed E-state index contributed by atoms with van der Waals surface area (Å²) in [6.07, 6.45) is 0.792. The minimum atomic E-state index is -0.703. The summed E-state index contributed by atoms with van der Waals surface area (Å²) >= 11 is 12.3. The number of para-hydroxylation sites is 1. The SMILES string of the molecule is CCc1ccccc1NC(=O)c1ccc(NC2=C(Cl)C(=O)N(c3cc(Cl)ccc3OC)C2=O)cc1. The zero-order chi connectivity index (χ0) is 25.1. The van der Waals surface area contributed by atoms with Crippen LogP contribution in [0.2, 0.25) is 5.02 Å². The molecule has 0 aliphatic carbocycles. The smallest absolute Gasteiger partial charge is 0.283 e. The molecule has 1 aliphatic heterocycles. The van der Waals surface area contributed by atoms with Gasteiger partial charge in [0, 0.05) is 22.0 Å². The van der Waals surface area contributed by atoms with Gasteiger partial charge in [-0.15, -0.1) is 0 Å². The molecule has 0 unspecified atom stereocenters. The number of benzene rings is 3. The fraction of sp³-hybridized carbons (Fsp3) is 0.115. The Labute approximate surface area is 212 Å². The van der Waals surface area contributed by atoms with Crippen LogP contribution >= 0.6 is 23.2 Å². The van der Waals surface area contributed by atoms with Gasteiger partial charge in [0.15, 0.2) is 0 Å². The van der Waals surface area contributed by atoms with Gasteiger partial charge in [-0.05, 0) is 60.5 Å². The molecule has 3 amide bonds. The van der Waals surface area contributed by atoms with Crippen LogP contribution in [0.15, 0.2) is 77.5 Å². The van der Waals surface area contributed by atoms with E-state index in [-0.39, 0.29) is 22.3 Å². The van der Waals surface area contributed by atoms with Gasteiger partial charge in [-0.1, -0.05) is 48.3 Å². The number of imide groups is 1. The van der Waals surface area contributed by atoms with Crippen molar-refractivity contribution in [2.24, 2.45) is 0 Å². The number of carbonyl (C=O) groups excluding carboxylic acids is 3. The summed E-state index contributed by atoms with van der Waals surface area (Å²) < 4.78 is 5.27. The van der Waals surface area contributed by atoms with Crippen LogP contribution in [-0.2, 0) is 16.0 Å². The van der Waals surface area contributed by atoms with Crippen LogP contribution < -0.4 is 20.3 Å². The Hall–Kier alpha value is -3.81. The second-order valence-electron chi connectivity index (χ2n) is 7.62. The van der Waals surface area contributed by atoms with Crippen LogP contribution in [0.4, 0.5) is 17.1 Å². The number of nitrogens with zero attached hydrogens (tertiary/aromatic N) is 1. The summed E-state index contributed by atoms with van der Waals surface area (Å²) in [4.78, 5) is 39.5. The first-order valence-electron chi connectivity index (χ1n) is 10.7. The third-order valence-corrected chi connectivity index (χ3v) is 6.06. The molecule has 0 spiro atoms. The number of aryl methyl sites for hydroxylation is 1. The molecule has 0 atom stereocenters. The number of carbonyl (C=O) groups is 3. The molecular formula is C26H21Cl2N3O4. The van der Waals surface area contributed by atoms with Gasteiger partial charge in [-0.3, -0.25) is 14.4 Å². The summed E-state index contributed by atoms with van der Waals surface area (Å²) in [5.41, 5.74) is 2.79. The molecule has 0 fully saturated rings. The lowest BCUT2D eigenvalue weighted by molar-refractivity contribution is -0.120. The van der Waals surface area contributed by atoms with E-state index in [2.05, 4.69) is 10.6 Å². The van der Waals surface area contributed by atoms with E-state index in [1.165, 1.54) is 13.2 Å². The normalized spacial score (nSPS) is 13.3. The Kier molecular flexibility index (Phi) is 7.10. The predicted octanol–water partition coefficient (Wildman–Crippen LogP) is 5.60. The van der Waals surface area contributed by atoms with E-state index in [0.717, 1.165) is 22.6 Å². The first-order valence-corrected chi connectivity index (χ1v) is 11.5. The zero-order valence-corrected chi connectivity index (χ0v) is 20.4. The van der Waals surface area contributed by atoms with Gasteiger partial charge in [-0.25, -0.2) is 4.90 Å². The van der Waals surface area contributed by atoms with Crippen molar-refractivity contribution in [3.05, 3.63) is 93.6 Å². The first-order chi connectivity index (χ1) is 16.8. The van der Waals surface area contributed by atoms with Gasteiger partial charge in [0.1, 0.15) is 16.5 Å². The standard InChI is InChI=1S/C26H21Cl2N3O4/c1-3-15-6-4-5-7-19(15)30-24(32)16-8-11-18(12-9-16)29-23-22(28)25(33)31(26(23)34)20-14-17(27)10-13-21(20)35-2/h4-14,29H,3H2,1-2H3,(H,30,32). The van der Waals surface area contributed by atoms with E-state index < -0.39 is 11.8 Å². The van der Waals surface area contributed by atoms with Crippen LogP contribution in [0.3, 0.4) is 0 Å². The molecule has 0 saturated heterocycles. The van der Waals surface area contributed by atoms with E-state index >= 15 is 0 Å². The van der Waals surface area contributed by atoms with Crippen molar-refractivity contribution < 1.29 is 19.1 Å². The fourth-order valence-corrected chi connectivity index (χ4v) is 4.04. The fourth-order valence-electron chi connectivity index (χ4n) is 3.66. The van der Waals surface area contributed by atoms with Crippen LogP contribution in [0.25, 0.3) is 0 Å². The number of hydrogen-bond donors (Lipinski definition) is 2. The van der Waals surface area contributed by atoms with Gasteiger partial charge >= 0.3 is 0 Å². The molecule has 0 saturated carbocycles. The van der Waals surface area contributed by atoms with Crippen LogP contribution in [0, 0.1) is 0 Å². The highest BCUT2D eigenvalue weighted by Gasteiger charge is 2.40. The molecule has 0 aromatic heterocycles. The lowest BCUT2D eigenvalue weighted by Crippen LogP contribution is -2.32. The molecule has 0 radical (unpaired) electrons. The number of anilines is 3. The van der Waals surface area contributed by atoms with Crippen LogP contribution in [0.5, 0.6) is 5.75 Å². The second-order valence-corrected chi connectivity index (χ2v) is 8.43. The summed E-state index contributed by atoms with van der Waals surface area (Å²) in [5, 5.41) is 5.86. The summed E-state index contributed by atoms with van der Waals surface area (Å²) in [5.74, 6) is -1.33. The number of halogens is 2. The first kappa shape index (κ1) is 24.3. The predicted molar refractivity (Wildman–Crippen MR) is 137 cm³/mol. The Balaban J connectivity index is 1.52. The van der Waals surface area contributed by atoms with Gasteiger partial charge in [0.25, 0.3) is 17.7 Å². The summed E-state index contributed by atoms with van der Waals surface area (Å²) in [7, 11) is 1.42. The van der Waals surface area contributed by atoms with Crippen molar-refractivity contribution in [3.63, 3.8) is 0 Å². The molecule has 1 aliphatic rings. The molecule has 4 rings (SSSR count). The highest BCUT2D eigenvalue weighted by molar-refractivity contribution is 6.53. The second kappa shape index (κ2) is 10.2. The van der Waals surface area contributed by atoms with Crippen molar-refractivity contribution in [3.8, 4) is 5.75 Å². The van der Waals surface area contributed by atoms with Gasteiger partial charge in [0.2, 0.25) is 0 Å². The molecular weight excluding hydrogens is 489 g/mol. The van der Waals surface area contributed by atoms with Crippen LogP contribution in [0.1, 0.15) is 22.8 Å². The molecule has 1 heterocycles. The molecule has 2 N–H and O–H groups in total. The average Bonchev–Trinajstić information content (AvgIpc) is 3.07. The third-order valence-electron chi connectivity index (χ3n) is 5.47. The highest BCUT2D eigenvalue weighted by atomic mass is 35.5. The van der Waals surface area contributed by atoms with E-state index in [9.17, 15) is 14.4 Å². The summed E-state index contributed by atoms with van der Waals surface area (Å²) in [6.45, 7) is 2.02. The summed E-state index contributed by atoms with van der Waals surface area (Å²) in [6, 6.07) is 18.7. The number of amides is 3. The largest absolute Gasteiger partial charge is 0.495 e. The topological polar surface area (TPSA) is 87.7 Å². The zero-order valence-electron chi connectivity index (χ0n) is 18.9. The maximum atomic E-state index is 13.1. The molecule has 3 aromatic carbocycles. The number of hydrogen-bond acceptors (Lipinski definition) is 5. The van der Waals surface area contributed by atoms with Gasteiger partial charge in [-0.2, -0.15) is 0 Å². The molecule has 35 heavy (non-hydrogen) atoms. The number of methoxy groups -OCH3 is 1. The van der Waals surface area contributed by atoms with Crippen molar-refractivity contribution in [1.82, 2.24) is 0 Å². The van der Waals surface area contributed by atoms with Gasteiger partial charge < -0.3 is 15.4 Å². The number of ether oxygens (including phenoxy) is 1. The Bertz CT molecular complexity index is 1350. The minimum Gasteiger partial charge on any atom is -0.495 e. The quantitative estimate of drug-likeness (QED) is 0.404. The molecule has 0 bridgehead atoms. The average molecular weight is 510 g/mol. The highest BCUT2D eigenvalue weighted by Crippen LogP contribution is 2.37. The van der Waals surface area contributed by atoms with Crippen LogP contribution in [-0.4, -0.2) is 24.8 Å². The maximum Gasteiger partial charge on any atom is 0.283 e. The lowest BCUT2D eigenvalue weighted by Gasteiger charge is -2.18. The van der Waals surface area contributed by atoms with E-state index in [1.807, 2.05) is 31.2 Å². The molecule has 9 heteroatoms. The number of nitrogens with one attached hydrogen (secondary N) is 2. The van der Waals surface area contributed by atoms with Crippen molar-refractivity contribution >= 4 is 58.0 Å². The lowest BCUT2D eigenvalue weighted by atomic mass is 10.1. The van der Waals surface area contributed by atoms with E-state index in [1.54, 1.807) is 36.4 Å². The maximum absolute atomic E-state index is 13.1. The number of rotatable bonds is 7. The minimum absolute atomic E-state index is 0.0900. The van der Waals surface area contributed by atoms with Crippen molar-refractivity contribution in [1.29, 1.82) is 0 Å². The third kappa shape index (κ3) is 4.87. The van der Waals surface area contributed by atoms with Crippen molar-refractivity contribution in [2.45, 2.75) is 13.3 Å². The van der Waals surface area contributed by atoms with E-state index in [4.69, 9.17) is 27.9 Å². The Morgan fingerprint density at radius 2 is 1.69 bits per heavy atom. The molecule has 3 aromatic rings.